The molecule has 0 saturated carbocycles. The van der Waals surface area contributed by atoms with E-state index in [4.69, 9.17) is 4.74 Å². The van der Waals surface area contributed by atoms with Crippen molar-refractivity contribution in [2.24, 2.45) is 0 Å². The minimum Gasteiger partial charge on any atom is -0.451 e. The maximum atomic E-state index is 12.3. The van der Waals surface area contributed by atoms with Crippen LogP contribution in [0.3, 0.4) is 0 Å². The number of anilines is 1. The van der Waals surface area contributed by atoms with Gasteiger partial charge in [0.15, 0.2) is 6.61 Å². The van der Waals surface area contributed by atoms with E-state index in [2.05, 4.69) is 15.5 Å². The van der Waals surface area contributed by atoms with E-state index < -0.39 is 18.5 Å². The van der Waals surface area contributed by atoms with Crippen LogP contribution in [-0.2, 0) is 14.3 Å². The third-order valence-corrected chi connectivity index (χ3v) is 4.67. The van der Waals surface area contributed by atoms with Crippen LogP contribution < -0.4 is 5.32 Å². The predicted octanol–water partition coefficient (Wildman–Crippen LogP) is 2.95. The first-order chi connectivity index (χ1) is 14.8. The van der Waals surface area contributed by atoms with Gasteiger partial charge in [0.2, 0.25) is 5.91 Å². The number of rotatable bonds is 7. The van der Waals surface area contributed by atoms with Gasteiger partial charge in [-0.05, 0) is 37.1 Å². The number of aryl methyl sites for hydroxylation is 2. The van der Waals surface area contributed by atoms with Gasteiger partial charge in [-0.15, -0.1) is 0 Å². The fourth-order valence-electron chi connectivity index (χ4n) is 2.86. The summed E-state index contributed by atoms with van der Waals surface area (Å²) >= 11 is 0. The van der Waals surface area contributed by atoms with Crippen LogP contribution in [0.4, 0.5) is 5.69 Å². The molecule has 0 saturated heterocycles. The lowest BCUT2D eigenvalue weighted by molar-refractivity contribution is -0.136. The Bertz CT molecular complexity index is 1090. The summed E-state index contributed by atoms with van der Waals surface area (Å²) in [5, 5.41) is 9.49. The molecular weight excluding hydrogens is 396 g/mol. The highest BCUT2D eigenvalue weighted by Crippen LogP contribution is 2.18. The van der Waals surface area contributed by atoms with Gasteiger partial charge in [0.25, 0.3) is 5.91 Å². The van der Waals surface area contributed by atoms with Crippen molar-refractivity contribution in [3.63, 3.8) is 0 Å². The molecule has 8 nitrogen and oxygen atoms in total. The molecule has 2 N–H and O–H groups in total. The lowest BCUT2D eigenvalue weighted by atomic mass is 10.1. The summed E-state index contributed by atoms with van der Waals surface area (Å²) in [4.78, 5) is 37.9. The summed E-state index contributed by atoms with van der Waals surface area (Å²) in [5.41, 5.74) is 4.23. The van der Waals surface area contributed by atoms with Crippen LogP contribution in [0.5, 0.6) is 0 Å². The Morgan fingerprint density at radius 2 is 1.81 bits per heavy atom. The van der Waals surface area contributed by atoms with Gasteiger partial charge in [0.05, 0.1) is 12.2 Å². The maximum Gasteiger partial charge on any atom is 0.356 e. The van der Waals surface area contributed by atoms with Gasteiger partial charge in [-0.1, -0.05) is 42.5 Å². The second-order valence-corrected chi connectivity index (χ2v) is 7.23. The highest BCUT2D eigenvalue weighted by Gasteiger charge is 2.18. The van der Waals surface area contributed by atoms with Gasteiger partial charge in [0.1, 0.15) is 5.69 Å². The van der Waals surface area contributed by atoms with Gasteiger partial charge in [-0.25, -0.2) is 4.79 Å². The topological polar surface area (TPSA) is 104 Å². The van der Waals surface area contributed by atoms with Gasteiger partial charge >= 0.3 is 5.97 Å². The molecule has 2 aromatic carbocycles. The van der Waals surface area contributed by atoms with Crippen molar-refractivity contribution in [2.45, 2.75) is 13.8 Å². The summed E-state index contributed by atoms with van der Waals surface area (Å²) in [7, 11) is 1.47. The second kappa shape index (κ2) is 9.71. The van der Waals surface area contributed by atoms with Crippen molar-refractivity contribution < 1.29 is 19.1 Å². The number of hydrogen-bond donors (Lipinski definition) is 2. The quantitative estimate of drug-likeness (QED) is 0.572. The van der Waals surface area contributed by atoms with E-state index in [0.717, 1.165) is 16.7 Å². The second-order valence-electron chi connectivity index (χ2n) is 7.23. The Kier molecular flexibility index (Phi) is 6.81. The fraction of sp³-hybridized carbons (Fsp3) is 0.217. The first-order valence-corrected chi connectivity index (χ1v) is 9.72. The maximum absolute atomic E-state index is 12.3. The molecule has 0 aliphatic rings. The SMILES string of the molecule is Cc1ccc(C)c(NC(=O)CN(C)C(=O)COC(=O)c2cc(-c3ccccc3)n[nH]2)c1. The van der Waals surface area contributed by atoms with Crippen molar-refractivity contribution >= 4 is 23.5 Å². The number of esters is 1. The third-order valence-electron chi connectivity index (χ3n) is 4.67. The van der Waals surface area contributed by atoms with E-state index in [-0.39, 0.29) is 18.1 Å². The average Bonchev–Trinajstić information content (AvgIpc) is 3.25. The highest BCUT2D eigenvalue weighted by atomic mass is 16.5. The summed E-state index contributed by atoms with van der Waals surface area (Å²) in [6.45, 7) is 3.18. The molecule has 0 spiro atoms. The van der Waals surface area contributed by atoms with Crippen LogP contribution in [0, 0.1) is 13.8 Å². The molecule has 160 valence electrons. The first-order valence-electron chi connectivity index (χ1n) is 9.72. The molecule has 3 rings (SSSR count). The minimum absolute atomic E-state index is 0.141. The molecule has 0 atom stereocenters. The van der Waals surface area contributed by atoms with Crippen LogP contribution >= 0.6 is 0 Å². The number of nitrogens with zero attached hydrogens (tertiary/aromatic N) is 2. The van der Waals surface area contributed by atoms with E-state index in [0.29, 0.717) is 11.4 Å². The van der Waals surface area contributed by atoms with Crippen LogP contribution in [0.15, 0.2) is 54.6 Å². The number of likely N-dealkylation sites (N-methyl/N-ethyl adjacent to an activating group) is 1. The zero-order chi connectivity index (χ0) is 22.4. The fourth-order valence-corrected chi connectivity index (χ4v) is 2.86. The standard InChI is InChI=1S/C23H24N4O4/c1-15-9-10-16(2)18(11-15)24-21(28)13-27(3)22(29)14-31-23(30)20-12-19(25-26-20)17-7-5-4-6-8-17/h4-12H,13-14H2,1-3H3,(H,24,28)(H,25,26). The first kappa shape index (κ1) is 21.8. The van der Waals surface area contributed by atoms with Crippen molar-refractivity contribution in [3.8, 4) is 11.3 Å². The smallest absolute Gasteiger partial charge is 0.356 e. The van der Waals surface area contributed by atoms with Crippen LogP contribution in [0.2, 0.25) is 0 Å². The number of hydrogen-bond acceptors (Lipinski definition) is 5. The zero-order valence-electron chi connectivity index (χ0n) is 17.6. The molecule has 1 heterocycles. The monoisotopic (exact) mass is 420 g/mol. The van der Waals surface area contributed by atoms with Crippen LogP contribution in [0.25, 0.3) is 11.3 Å². The molecule has 3 aromatic rings. The van der Waals surface area contributed by atoms with Crippen molar-refractivity contribution in [3.05, 3.63) is 71.4 Å². The summed E-state index contributed by atoms with van der Waals surface area (Å²) in [5.74, 6) is -1.53. The van der Waals surface area contributed by atoms with Crippen LogP contribution in [0.1, 0.15) is 21.6 Å². The van der Waals surface area contributed by atoms with E-state index in [1.54, 1.807) is 6.07 Å². The van der Waals surface area contributed by atoms with E-state index in [1.807, 2.05) is 62.4 Å². The number of carbonyl (C=O) groups excluding carboxylic acids is 3. The molecule has 0 aliphatic heterocycles. The Hall–Kier alpha value is -3.94. The predicted molar refractivity (Wildman–Crippen MR) is 116 cm³/mol. The molecule has 31 heavy (non-hydrogen) atoms. The summed E-state index contributed by atoms with van der Waals surface area (Å²) < 4.78 is 5.06. The van der Waals surface area contributed by atoms with Crippen molar-refractivity contribution in [2.75, 3.05) is 25.5 Å². The molecule has 2 amide bonds. The number of aromatic amines is 1. The lowest BCUT2D eigenvalue weighted by Gasteiger charge is -2.17. The van der Waals surface area contributed by atoms with Gasteiger partial charge in [-0.2, -0.15) is 5.10 Å². The average molecular weight is 420 g/mol. The Labute approximate surface area is 180 Å². The number of aromatic nitrogens is 2. The van der Waals surface area contributed by atoms with E-state index in [1.165, 1.54) is 11.9 Å². The number of amides is 2. The van der Waals surface area contributed by atoms with Crippen molar-refractivity contribution in [1.82, 2.24) is 15.1 Å². The largest absolute Gasteiger partial charge is 0.451 e. The molecule has 8 heteroatoms. The number of ether oxygens (including phenoxy) is 1. The number of H-pyrrole nitrogens is 1. The zero-order valence-corrected chi connectivity index (χ0v) is 17.6. The highest BCUT2D eigenvalue weighted by molar-refractivity contribution is 5.96. The molecular formula is C23H24N4O4. The molecule has 0 unspecified atom stereocenters. The lowest BCUT2D eigenvalue weighted by Crippen LogP contribution is -2.37. The molecule has 0 radical (unpaired) electrons. The summed E-state index contributed by atoms with van der Waals surface area (Å²) in [6, 6.07) is 16.7. The Balaban J connectivity index is 1.49. The number of benzene rings is 2. The van der Waals surface area contributed by atoms with Crippen LogP contribution in [-0.4, -0.2) is 53.1 Å². The third kappa shape index (κ3) is 5.79. The van der Waals surface area contributed by atoms with Gasteiger partial charge in [-0.3, -0.25) is 14.7 Å². The minimum atomic E-state index is -0.698. The number of nitrogens with one attached hydrogen (secondary N) is 2. The normalized spacial score (nSPS) is 10.4. The van der Waals surface area contributed by atoms with Gasteiger partial charge < -0.3 is 15.0 Å². The molecule has 0 fully saturated rings. The number of carbonyl (C=O) groups is 3. The summed E-state index contributed by atoms with van der Waals surface area (Å²) in [6.07, 6.45) is 0. The van der Waals surface area contributed by atoms with Gasteiger partial charge in [0, 0.05) is 18.3 Å². The Morgan fingerprint density at radius 3 is 2.55 bits per heavy atom. The van der Waals surface area contributed by atoms with E-state index in [9.17, 15) is 14.4 Å². The molecule has 0 aliphatic carbocycles. The van der Waals surface area contributed by atoms with Crippen molar-refractivity contribution in [1.29, 1.82) is 0 Å². The Morgan fingerprint density at radius 1 is 1.06 bits per heavy atom. The molecule has 0 bridgehead atoms. The molecule has 1 aromatic heterocycles. The van der Waals surface area contributed by atoms with E-state index >= 15 is 0 Å².